The Labute approximate surface area is 173 Å². The minimum Gasteiger partial charge on any atom is -0.382 e. The predicted molar refractivity (Wildman–Crippen MR) is 115 cm³/mol. The number of carbonyl (C=O) groups is 1. The van der Waals surface area contributed by atoms with Gasteiger partial charge in [-0.15, -0.1) is 0 Å². The van der Waals surface area contributed by atoms with E-state index in [1.54, 1.807) is 37.4 Å². The zero-order valence-electron chi connectivity index (χ0n) is 16.3. The summed E-state index contributed by atoms with van der Waals surface area (Å²) in [5.74, 6) is 1.23. The summed E-state index contributed by atoms with van der Waals surface area (Å²) in [6, 6.07) is 18.3. The van der Waals surface area contributed by atoms with E-state index in [0.717, 1.165) is 16.8 Å². The average Bonchev–Trinajstić information content (AvgIpc) is 3.20. The molecule has 0 aliphatic rings. The molecule has 0 unspecified atom stereocenters. The fourth-order valence-corrected chi connectivity index (χ4v) is 2.91. The van der Waals surface area contributed by atoms with Crippen LogP contribution in [0.5, 0.6) is 0 Å². The number of nitrogens with zero attached hydrogens (tertiary/aromatic N) is 3. The van der Waals surface area contributed by atoms with Gasteiger partial charge in [0.2, 0.25) is 11.7 Å². The third-order valence-corrected chi connectivity index (χ3v) is 4.44. The number of hydrogen-bond donors (Lipinski definition) is 3. The van der Waals surface area contributed by atoms with E-state index in [1.165, 1.54) is 0 Å². The van der Waals surface area contributed by atoms with E-state index in [9.17, 15) is 4.79 Å². The number of hydrogen-bond acceptors (Lipinski definition) is 7. The number of pyridine rings is 1. The Bertz CT molecular complexity index is 1170. The van der Waals surface area contributed by atoms with Gasteiger partial charge in [0.15, 0.2) is 0 Å². The van der Waals surface area contributed by atoms with Crippen LogP contribution in [0.25, 0.3) is 11.4 Å². The van der Waals surface area contributed by atoms with Crippen LogP contribution in [0.1, 0.15) is 21.8 Å². The van der Waals surface area contributed by atoms with Gasteiger partial charge < -0.3 is 20.9 Å². The Kier molecular flexibility index (Phi) is 5.38. The number of benzene rings is 2. The molecule has 2 aromatic carbocycles. The Morgan fingerprint density at radius 3 is 2.67 bits per heavy atom. The van der Waals surface area contributed by atoms with Gasteiger partial charge in [-0.05, 0) is 42.0 Å². The highest BCUT2D eigenvalue weighted by Crippen LogP contribution is 2.19. The number of anilines is 3. The number of carbonyl (C=O) groups excluding carboxylic acids is 1. The summed E-state index contributed by atoms with van der Waals surface area (Å²) in [4.78, 5) is 20.8. The first-order chi connectivity index (χ1) is 14.6. The predicted octanol–water partition coefficient (Wildman–Crippen LogP) is 3.89. The van der Waals surface area contributed by atoms with Crippen molar-refractivity contribution >= 4 is 23.1 Å². The van der Waals surface area contributed by atoms with Gasteiger partial charge in [-0.25, -0.2) is 4.98 Å². The van der Waals surface area contributed by atoms with E-state index in [4.69, 9.17) is 10.3 Å². The van der Waals surface area contributed by atoms with Crippen LogP contribution in [0.4, 0.5) is 17.2 Å². The maximum atomic E-state index is 12.6. The number of rotatable bonds is 6. The van der Waals surface area contributed by atoms with Crippen molar-refractivity contribution in [3.63, 3.8) is 0 Å². The normalized spacial score (nSPS) is 10.6. The van der Waals surface area contributed by atoms with Crippen molar-refractivity contribution in [2.45, 2.75) is 13.5 Å². The summed E-state index contributed by atoms with van der Waals surface area (Å²) in [5.41, 5.74) is 9.64. The van der Waals surface area contributed by atoms with E-state index in [1.807, 2.05) is 36.4 Å². The van der Waals surface area contributed by atoms with Gasteiger partial charge in [0.05, 0.1) is 5.69 Å². The molecule has 2 heterocycles. The second kappa shape index (κ2) is 8.44. The van der Waals surface area contributed by atoms with Gasteiger partial charge >= 0.3 is 0 Å². The van der Waals surface area contributed by atoms with Crippen molar-refractivity contribution in [3.8, 4) is 11.4 Å². The standard InChI is InChI=1S/C22H20N6O2/c1-14-26-21(28-30-14)16-7-9-17(10-8-16)22(29)27-18-5-2-4-15(12-18)13-25-19-6-3-11-24-20(19)23/h2-12,25H,13H2,1H3,(H2,23,24)(H,27,29). The number of nitrogens with one attached hydrogen (secondary N) is 2. The first-order valence-corrected chi connectivity index (χ1v) is 9.34. The zero-order chi connectivity index (χ0) is 20.9. The lowest BCUT2D eigenvalue weighted by atomic mass is 10.1. The van der Waals surface area contributed by atoms with Crippen LogP contribution in [-0.4, -0.2) is 21.0 Å². The molecule has 8 heteroatoms. The molecule has 8 nitrogen and oxygen atoms in total. The molecule has 2 aromatic heterocycles. The van der Waals surface area contributed by atoms with E-state index >= 15 is 0 Å². The second-order valence-electron chi connectivity index (χ2n) is 6.66. The molecule has 0 radical (unpaired) electrons. The summed E-state index contributed by atoms with van der Waals surface area (Å²) >= 11 is 0. The molecular weight excluding hydrogens is 380 g/mol. The topological polar surface area (TPSA) is 119 Å². The smallest absolute Gasteiger partial charge is 0.255 e. The summed E-state index contributed by atoms with van der Waals surface area (Å²) < 4.78 is 4.99. The first kappa shape index (κ1) is 19.1. The number of nitrogens with two attached hydrogens (primary N) is 1. The molecule has 0 saturated carbocycles. The van der Waals surface area contributed by atoms with Gasteiger partial charge in [0.25, 0.3) is 5.91 Å². The Morgan fingerprint density at radius 2 is 1.93 bits per heavy atom. The average molecular weight is 400 g/mol. The molecule has 1 amide bonds. The number of aryl methyl sites for hydroxylation is 1. The van der Waals surface area contributed by atoms with Gasteiger partial charge in [-0.1, -0.05) is 29.4 Å². The molecule has 0 aliphatic heterocycles. The van der Waals surface area contributed by atoms with Crippen molar-refractivity contribution < 1.29 is 9.32 Å². The van der Waals surface area contributed by atoms with Crippen LogP contribution in [0.2, 0.25) is 0 Å². The van der Waals surface area contributed by atoms with Crippen LogP contribution >= 0.6 is 0 Å². The summed E-state index contributed by atoms with van der Waals surface area (Å²) in [5, 5.41) is 10.0. The number of amides is 1. The summed E-state index contributed by atoms with van der Waals surface area (Å²) in [7, 11) is 0. The lowest BCUT2D eigenvalue weighted by Gasteiger charge is -2.10. The molecule has 0 aliphatic carbocycles. The lowest BCUT2D eigenvalue weighted by molar-refractivity contribution is 0.102. The molecule has 0 spiro atoms. The van der Waals surface area contributed by atoms with Gasteiger partial charge in [0, 0.05) is 36.5 Å². The number of aromatic nitrogens is 3. The third kappa shape index (κ3) is 4.44. The van der Waals surface area contributed by atoms with E-state index < -0.39 is 0 Å². The van der Waals surface area contributed by atoms with Crippen LogP contribution in [-0.2, 0) is 6.54 Å². The van der Waals surface area contributed by atoms with Crippen LogP contribution in [0, 0.1) is 6.92 Å². The van der Waals surface area contributed by atoms with Crippen LogP contribution in [0.3, 0.4) is 0 Å². The van der Waals surface area contributed by atoms with Crippen molar-refractivity contribution in [1.82, 2.24) is 15.1 Å². The number of nitrogen functional groups attached to an aromatic ring is 1. The van der Waals surface area contributed by atoms with Gasteiger partial charge in [0.1, 0.15) is 5.82 Å². The van der Waals surface area contributed by atoms with Crippen molar-refractivity contribution in [1.29, 1.82) is 0 Å². The lowest BCUT2D eigenvalue weighted by Crippen LogP contribution is -2.12. The SMILES string of the molecule is Cc1nc(-c2ccc(C(=O)Nc3cccc(CNc4cccnc4N)c3)cc2)no1. The summed E-state index contributed by atoms with van der Waals surface area (Å²) in [6.07, 6.45) is 1.65. The largest absolute Gasteiger partial charge is 0.382 e. The molecule has 0 atom stereocenters. The molecule has 4 rings (SSSR count). The molecular formula is C22H20N6O2. The van der Waals surface area contributed by atoms with Crippen LogP contribution < -0.4 is 16.4 Å². The first-order valence-electron chi connectivity index (χ1n) is 9.34. The molecule has 30 heavy (non-hydrogen) atoms. The highest BCUT2D eigenvalue weighted by molar-refractivity contribution is 6.04. The Balaban J connectivity index is 1.41. The highest BCUT2D eigenvalue weighted by atomic mass is 16.5. The Hall–Kier alpha value is -4.20. The fraction of sp³-hybridized carbons (Fsp3) is 0.0909. The van der Waals surface area contributed by atoms with E-state index in [2.05, 4.69) is 25.8 Å². The molecule has 0 fully saturated rings. The zero-order valence-corrected chi connectivity index (χ0v) is 16.3. The highest BCUT2D eigenvalue weighted by Gasteiger charge is 2.10. The van der Waals surface area contributed by atoms with Crippen molar-refractivity contribution in [3.05, 3.63) is 83.9 Å². The molecule has 150 valence electrons. The maximum absolute atomic E-state index is 12.6. The van der Waals surface area contributed by atoms with Gasteiger partial charge in [-0.2, -0.15) is 4.98 Å². The van der Waals surface area contributed by atoms with Crippen LogP contribution in [0.15, 0.2) is 71.4 Å². The second-order valence-corrected chi connectivity index (χ2v) is 6.66. The maximum Gasteiger partial charge on any atom is 0.255 e. The molecule has 0 bridgehead atoms. The fourth-order valence-electron chi connectivity index (χ4n) is 2.91. The van der Waals surface area contributed by atoms with E-state index in [0.29, 0.717) is 35.3 Å². The van der Waals surface area contributed by atoms with Gasteiger partial charge in [-0.3, -0.25) is 4.79 Å². The molecule has 0 saturated heterocycles. The third-order valence-electron chi connectivity index (χ3n) is 4.44. The Morgan fingerprint density at radius 1 is 1.10 bits per heavy atom. The summed E-state index contributed by atoms with van der Waals surface area (Å²) in [6.45, 7) is 2.28. The quantitative estimate of drug-likeness (QED) is 0.449. The molecule has 4 aromatic rings. The minimum absolute atomic E-state index is 0.201. The minimum atomic E-state index is -0.201. The monoisotopic (exact) mass is 400 g/mol. The molecule has 4 N–H and O–H groups in total. The van der Waals surface area contributed by atoms with E-state index in [-0.39, 0.29) is 5.91 Å². The van der Waals surface area contributed by atoms with Crippen molar-refractivity contribution in [2.24, 2.45) is 0 Å². The van der Waals surface area contributed by atoms with Crippen molar-refractivity contribution in [2.75, 3.05) is 16.4 Å².